The number of aryl methyl sites for hydroxylation is 2. The Morgan fingerprint density at radius 1 is 0.923 bits per heavy atom. The fourth-order valence-corrected chi connectivity index (χ4v) is 2.74. The highest BCUT2D eigenvalue weighted by molar-refractivity contribution is 6.09. The average Bonchev–Trinajstić information content (AvgIpc) is 2.89. The molecule has 0 bridgehead atoms. The normalized spacial score (nSPS) is 9.96. The number of rotatable bonds is 4. The van der Waals surface area contributed by atoms with Gasteiger partial charge in [0.2, 0.25) is 5.78 Å². The Labute approximate surface area is 153 Å². The molecular weight excluding hydrogens is 326 g/mol. The summed E-state index contributed by atoms with van der Waals surface area (Å²) in [6.45, 7) is 3.90. The second-order valence-corrected chi connectivity index (χ2v) is 6.15. The molecule has 0 spiro atoms. The molecular formula is C22H23NO3. The van der Waals surface area contributed by atoms with Gasteiger partial charge in [-0.3, -0.25) is 9.59 Å². The third kappa shape index (κ3) is 4.93. The first-order valence-electron chi connectivity index (χ1n) is 8.38. The van der Waals surface area contributed by atoms with Crippen molar-refractivity contribution >= 4 is 11.8 Å². The first kappa shape index (κ1) is 19.2. The maximum absolute atomic E-state index is 12.4. The third-order valence-electron chi connectivity index (χ3n) is 4.05. The highest BCUT2D eigenvalue weighted by Gasteiger charge is 2.19. The summed E-state index contributed by atoms with van der Waals surface area (Å²) in [5, 5.41) is 8.85. The van der Waals surface area contributed by atoms with Crippen LogP contribution in [0.15, 0.2) is 66.7 Å². The molecule has 0 aliphatic rings. The third-order valence-corrected chi connectivity index (χ3v) is 4.05. The molecule has 0 unspecified atom stereocenters. The van der Waals surface area contributed by atoms with E-state index in [1.807, 2.05) is 43.3 Å². The summed E-state index contributed by atoms with van der Waals surface area (Å²) in [4.78, 5) is 23.2. The van der Waals surface area contributed by atoms with E-state index in [9.17, 15) is 9.59 Å². The molecule has 0 atom stereocenters. The summed E-state index contributed by atoms with van der Waals surface area (Å²) >= 11 is 0. The maximum atomic E-state index is 12.4. The number of carboxylic acid groups (broad SMARTS) is 1. The Balaban J connectivity index is 0.000000290. The van der Waals surface area contributed by atoms with Crippen molar-refractivity contribution in [2.45, 2.75) is 20.3 Å². The van der Waals surface area contributed by atoms with Crippen LogP contribution in [0.3, 0.4) is 0 Å². The molecule has 3 aromatic rings. The zero-order chi connectivity index (χ0) is 19.1. The van der Waals surface area contributed by atoms with Gasteiger partial charge in [-0.25, -0.2) is 0 Å². The zero-order valence-electron chi connectivity index (χ0n) is 15.3. The molecule has 0 amide bonds. The van der Waals surface area contributed by atoms with Crippen molar-refractivity contribution in [2.75, 3.05) is 0 Å². The van der Waals surface area contributed by atoms with E-state index in [2.05, 4.69) is 19.1 Å². The Morgan fingerprint density at radius 3 is 1.92 bits per heavy atom. The predicted molar refractivity (Wildman–Crippen MR) is 103 cm³/mol. The number of carboxylic acids is 1. The Morgan fingerprint density at radius 2 is 1.46 bits per heavy atom. The van der Waals surface area contributed by atoms with Gasteiger partial charge in [-0.2, -0.15) is 0 Å². The molecule has 4 heteroatoms. The van der Waals surface area contributed by atoms with Crippen LogP contribution in [0.5, 0.6) is 0 Å². The van der Waals surface area contributed by atoms with Crippen molar-refractivity contribution < 1.29 is 14.7 Å². The van der Waals surface area contributed by atoms with Gasteiger partial charge in [-0.05, 0) is 25.5 Å². The molecule has 4 nitrogen and oxygen atoms in total. The molecule has 0 fully saturated rings. The lowest BCUT2D eigenvalue weighted by Gasteiger charge is -2.06. The largest absolute Gasteiger partial charge is 0.481 e. The summed E-state index contributed by atoms with van der Waals surface area (Å²) in [5.74, 6) is -0.989. The van der Waals surface area contributed by atoms with Crippen LogP contribution in [0.25, 0.3) is 0 Å². The van der Waals surface area contributed by atoms with Crippen molar-refractivity contribution in [3.05, 3.63) is 94.8 Å². The maximum Gasteiger partial charge on any atom is 0.309 e. The van der Waals surface area contributed by atoms with Gasteiger partial charge in [0.1, 0.15) is 0 Å². The fourth-order valence-electron chi connectivity index (χ4n) is 2.74. The smallest absolute Gasteiger partial charge is 0.309 e. The number of aliphatic carboxylic acids is 1. The molecule has 134 valence electrons. The van der Waals surface area contributed by atoms with Crippen molar-refractivity contribution in [1.29, 1.82) is 0 Å². The monoisotopic (exact) mass is 349 g/mol. The number of aromatic nitrogens is 1. The lowest BCUT2D eigenvalue weighted by molar-refractivity contribution is -0.136. The Kier molecular flexibility index (Phi) is 6.50. The van der Waals surface area contributed by atoms with Gasteiger partial charge in [0.15, 0.2) is 0 Å². The highest BCUT2D eigenvalue weighted by Crippen LogP contribution is 2.18. The first-order valence-corrected chi connectivity index (χ1v) is 8.38. The van der Waals surface area contributed by atoms with E-state index >= 15 is 0 Å². The lowest BCUT2D eigenvalue weighted by Crippen LogP contribution is -2.12. The van der Waals surface area contributed by atoms with Crippen molar-refractivity contribution in [3.8, 4) is 0 Å². The molecule has 1 N–H and O–H groups in total. The van der Waals surface area contributed by atoms with Crippen LogP contribution in [0.2, 0.25) is 0 Å². The fraction of sp³-hybridized carbons (Fsp3) is 0.182. The number of hydrogen-bond donors (Lipinski definition) is 1. The summed E-state index contributed by atoms with van der Waals surface area (Å²) in [6, 6.07) is 21.0. The summed E-state index contributed by atoms with van der Waals surface area (Å²) in [7, 11) is 1.72. The van der Waals surface area contributed by atoms with Crippen LogP contribution < -0.4 is 0 Å². The first-order chi connectivity index (χ1) is 12.4. The minimum absolute atomic E-state index is 0.0839. The van der Waals surface area contributed by atoms with E-state index < -0.39 is 5.97 Å². The minimum Gasteiger partial charge on any atom is -0.481 e. The second kappa shape index (κ2) is 8.81. The molecule has 26 heavy (non-hydrogen) atoms. The van der Waals surface area contributed by atoms with Crippen LogP contribution in [0, 0.1) is 13.8 Å². The predicted octanol–water partition coefficient (Wildman–Crippen LogP) is 4.19. The molecule has 1 heterocycles. The number of carbonyl (C=O) groups excluding carboxylic acids is 1. The zero-order valence-corrected chi connectivity index (χ0v) is 15.3. The highest BCUT2D eigenvalue weighted by atomic mass is 16.4. The molecule has 0 radical (unpaired) electrons. The molecule has 0 saturated heterocycles. The van der Waals surface area contributed by atoms with Crippen LogP contribution in [-0.4, -0.2) is 21.4 Å². The molecule has 1 aromatic heterocycles. The molecule has 2 aromatic carbocycles. The summed E-state index contributed by atoms with van der Waals surface area (Å²) < 4.78 is 1.67. The summed E-state index contributed by atoms with van der Waals surface area (Å²) in [6.07, 6.45) is -0.0839. The number of hydrogen-bond acceptors (Lipinski definition) is 2. The summed E-state index contributed by atoms with van der Waals surface area (Å²) in [5.41, 5.74) is 3.90. The quantitative estimate of drug-likeness (QED) is 0.719. The van der Waals surface area contributed by atoms with E-state index in [1.165, 1.54) is 5.56 Å². The Hall–Kier alpha value is -3.14. The van der Waals surface area contributed by atoms with E-state index in [0.29, 0.717) is 17.0 Å². The van der Waals surface area contributed by atoms with Gasteiger partial charge < -0.3 is 9.67 Å². The van der Waals surface area contributed by atoms with E-state index in [1.54, 1.807) is 29.8 Å². The van der Waals surface area contributed by atoms with Gasteiger partial charge in [-0.15, -0.1) is 0 Å². The molecule has 0 aliphatic heterocycles. The Bertz CT molecular complexity index is 881. The van der Waals surface area contributed by atoms with Crippen LogP contribution in [0.1, 0.15) is 32.9 Å². The molecule has 0 aliphatic carbocycles. The second-order valence-electron chi connectivity index (χ2n) is 6.15. The van der Waals surface area contributed by atoms with Gasteiger partial charge >= 0.3 is 5.97 Å². The number of carbonyl (C=O) groups is 2. The standard InChI is InChI=1S/C15H15NO3.C7H8/c1-10-8-12(9-13(17)18)16(2)14(10)15(19)11-6-4-3-5-7-11;1-7-5-3-2-4-6-7/h3-8H,9H2,1-2H3,(H,17,18);2-6H,1H3. The number of nitrogens with zero attached hydrogens (tertiary/aromatic N) is 1. The van der Waals surface area contributed by atoms with Gasteiger partial charge in [-0.1, -0.05) is 66.2 Å². The van der Waals surface area contributed by atoms with Crippen molar-refractivity contribution in [3.63, 3.8) is 0 Å². The average molecular weight is 349 g/mol. The van der Waals surface area contributed by atoms with E-state index in [4.69, 9.17) is 5.11 Å². The number of benzene rings is 2. The topological polar surface area (TPSA) is 59.3 Å². The minimum atomic E-state index is -0.903. The van der Waals surface area contributed by atoms with E-state index in [0.717, 1.165) is 5.56 Å². The van der Waals surface area contributed by atoms with Crippen LogP contribution in [0.4, 0.5) is 0 Å². The SMILES string of the molecule is Cc1cc(CC(=O)O)n(C)c1C(=O)c1ccccc1.Cc1ccccc1. The van der Waals surface area contributed by atoms with Crippen molar-refractivity contribution in [1.82, 2.24) is 4.57 Å². The molecule has 3 rings (SSSR count). The van der Waals surface area contributed by atoms with Gasteiger partial charge in [0.25, 0.3) is 0 Å². The van der Waals surface area contributed by atoms with Gasteiger partial charge in [0.05, 0.1) is 12.1 Å². The van der Waals surface area contributed by atoms with E-state index in [-0.39, 0.29) is 12.2 Å². The lowest BCUT2D eigenvalue weighted by atomic mass is 10.1. The van der Waals surface area contributed by atoms with Gasteiger partial charge in [0, 0.05) is 18.3 Å². The molecule has 0 saturated carbocycles. The van der Waals surface area contributed by atoms with Crippen molar-refractivity contribution in [2.24, 2.45) is 7.05 Å². The van der Waals surface area contributed by atoms with Crippen LogP contribution >= 0.6 is 0 Å². The number of ketones is 1. The van der Waals surface area contributed by atoms with Crippen LogP contribution in [-0.2, 0) is 18.3 Å².